The third-order valence-electron chi connectivity index (χ3n) is 3.03. The van der Waals surface area contributed by atoms with Gasteiger partial charge in [0.25, 0.3) is 0 Å². The van der Waals surface area contributed by atoms with Crippen LogP contribution in [-0.2, 0) is 4.79 Å². The lowest BCUT2D eigenvalue weighted by Crippen LogP contribution is -2.32. The van der Waals surface area contributed by atoms with Gasteiger partial charge in [-0.1, -0.05) is 26.7 Å². The minimum Gasteiger partial charge on any atom is -0.428 e. The van der Waals surface area contributed by atoms with Crippen LogP contribution in [0.3, 0.4) is 0 Å². The van der Waals surface area contributed by atoms with Crippen LogP contribution in [0.1, 0.15) is 57.4 Å². The lowest BCUT2D eigenvalue weighted by atomic mass is 10.2. The van der Waals surface area contributed by atoms with Crippen molar-refractivity contribution in [2.24, 2.45) is 0 Å². The van der Waals surface area contributed by atoms with Crippen LogP contribution in [-0.4, -0.2) is 17.4 Å². The van der Waals surface area contributed by atoms with E-state index >= 15 is 0 Å². The molecule has 1 amide bonds. The van der Waals surface area contributed by atoms with Gasteiger partial charge in [-0.25, -0.2) is 0 Å². The standard InChI is InChI=1S/C14H24N2O2/c1-5-7-9-13(17)16(10-8-6-2)14-15-11(3)12(4)18-14/h5-10H2,1-4H3. The molecule has 0 saturated carbocycles. The van der Waals surface area contributed by atoms with Gasteiger partial charge in [0.1, 0.15) is 5.76 Å². The molecule has 0 spiro atoms. The monoisotopic (exact) mass is 252 g/mol. The molecule has 0 unspecified atom stereocenters. The highest BCUT2D eigenvalue weighted by molar-refractivity contribution is 5.91. The molecule has 0 aromatic carbocycles. The molecule has 1 aromatic rings. The van der Waals surface area contributed by atoms with Gasteiger partial charge in [0.05, 0.1) is 5.69 Å². The van der Waals surface area contributed by atoms with Crippen molar-refractivity contribution >= 4 is 11.9 Å². The van der Waals surface area contributed by atoms with Gasteiger partial charge in [-0.3, -0.25) is 9.69 Å². The van der Waals surface area contributed by atoms with Crippen LogP contribution in [0.2, 0.25) is 0 Å². The zero-order valence-electron chi connectivity index (χ0n) is 12.0. The van der Waals surface area contributed by atoms with E-state index in [9.17, 15) is 4.79 Å². The molecule has 0 saturated heterocycles. The van der Waals surface area contributed by atoms with Crippen molar-refractivity contribution in [3.8, 4) is 0 Å². The molecule has 0 N–H and O–H groups in total. The van der Waals surface area contributed by atoms with Crippen LogP contribution in [0.15, 0.2) is 4.42 Å². The molecule has 0 atom stereocenters. The second-order valence-electron chi connectivity index (χ2n) is 4.64. The first-order valence-corrected chi connectivity index (χ1v) is 6.84. The van der Waals surface area contributed by atoms with Gasteiger partial charge < -0.3 is 4.42 Å². The number of rotatable bonds is 7. The Morgan fingerprint density at radius 3 is 2.39 bits per heavy atom. The van der Waals surface area contributed by atoms with Crippen molar-refractivity contribution in [1.29, 1.82) is 0 Å². The molecule has 0 aliphatic heterocycles. The van der Waals surface area contributed by atoms with E-state index in [2.05, 4.69) is 18.8 Å². The van der Waals surface area contributed by atoms with Crippen molar-refractivity contribution < 1.29 is 9.21 Å². The highest BCUT2D eigenvalue weighted by Gasteiger charge is 2.20. The average Bonchev–Trinajstić information content (AvgIpc) is 2.67. The average molecular weight is 252 g/mol. The predicted octanol–water partition coefficient (Wildman–Crippen LogP) is 3.61. The maximum Gasteiger partial charge on any atom is 0.304 e. The molecule has 0 aliphatic carbocycles. The summed E-state index contributed by atoms with van der Waals surface area (Å²) in [4.78, 5) is 18.2. The van der Waals surface area contributed by atoms with Crippen LogP contribution in [0, 0.1) is 13.8 Å². The maximum atomic E-state index is 12.2. The molecular weight excluding hydrogens is 228 g/mol. The third-order valence-corrected chi connectivity index (χ3v) is 3.03. The maximum absolute atomic E-state index is 12.2. The first-order valence-electron chi connectivity index (χ1n) is 6.84. The molecule has 1 rings (SSSR count). The fourth-order valence-electron chi connectivity index (χ4n) is 1.68. The summed E-state index contributed by atoms with van der Waals surface area (Å²) in [6, 6.07) is 0.458. The molecule has 4 heteroatoms. The number of carbonyl (C=O) groups is 1. The molecule has 4 nitrogen and oxygen atoms in total. The van der Waals surface area contributed by atoms with Gasteiger partial charge in [0.2, 0.25) is 5.91 Å². The number of hydrogen-bond donors (Lipinski definition) is 0. The summed E-state index contributed by atoms with van der Waals surface area (Å²) in [5.74, 6) is 0.904. The third kappa shape index (κ3) is 3.86. The number of aryl methyl sites for hydroxylation is 2. The van der Waals surface area contributed by atoms with Crippen LogP contribution in [0.4, 0.5) is 6.01 Å². The van der Waals surface area contributed by atoms with Gasteiger partial charge >= 0.3 is 6.01 Å². The molecule has 18 heavy (non-hydrogen) atoms. The highest BCUT2D eigenvalue weighted by atomic mass is 16.4. The Hall–Kier alpha value is -1.32. The summed E-state index contributed by atoms with van der Waals surface area (Å²) in [6.45, 7) is 8.67. The highest BCUT2D eigenvalue weighted by Crippen LogP contribution is 2.19. The van der Waals surface area contributed by atoms with Gasteiger partial charge in [0.15, 0.2) is 0 Å². The Morgan fingerprint density at radius 1 is 1.22 bits per heavy atom. The van der Waals surface area contributed by atoms with E-state index in [0.29, 0.717) is 19.0 Å². The number of aromatic nitrogens is 1. The fraction of sp³-hybridized carbons (Fsp3) is 0.714. The molecule has 0 radical (unpaired) electrons. The fourth-order valence-corrected chi connectivity index (χ4v) is 1.68. The molecule has 0 bridgehead atoms. The first kappa shape index (κ1) is 14.7. The van der Waals surface area contributed by atoms with Crippen LogP contribution >= 0.6 is 0 Å². The normalized spacial score (nSPS) is 10.7. The van der Waals surface area contributed by atoms with Crippen molar-refractivity contribution in [2.75, 3.05) is 11.4 Å². The van der Waals surface area contributed by atoms with E-state index < -0.39 is 0 Å². The van der Waals surface area contributed by atoms with E-state index in [1.54, 1.807) is 4.90 Å². The molecule has 102 valence electrons. The molecule has 1 heterocycles. The largest absolute Gasteiger partial charge is 0.428 e. The van der Waals surface area contributed by atoms with Crippen molar-refractivity contribution in [2.45, 2.75) is 59.8 Å². The van der Waals surface area contributed by atoms with Crippen LogP contribution < -0.4 is 4.90 Å². The lowest BCUT2D eigenvalue weighted by Gasteiger charge is -2.18. The zero-order chi connectivity index (χ0) is 13.5. The topological polar surface area (TPSA) is 46.3 Å². The summed E-state index contributed by atoms with van der Waals surface area (Å²) in [5.41, 5.74) is 0.856. The molecule has 1 aromatic heterocycles. The van der Waals surface area contributed by atoms with E-state index in [1.165, 1.54) is 0 Å². The Bertz CT molecular complexity index is 366. The minimum absolute atomic E-state index is 0.117. The smallest absolute Gasteiger partial charge is 0.304 e. The molecular formula is C14H24N2O2. The Kier molecular flexibility index (Phi) is 5.89. The van der Waals surface area contributed by atoms with E-state index in [0.717, 1.165) is 37.1 Å². The second kappa shape index (κ2) is 7.19. The lowest BCUT2D eigenvalue weighted by molar-refractivity contribution is -0.118. The van der Waals surface area contributed by atoms with Crippen LogP contribution in [0.5, 0.6) is 0 Å². The molecule has 0 aliphatic rings. The van der Waals surface area contributed by atoms with Gasteiger partial charge in [-0.05, 0) is 26.7 Å². The van der Waals surface area contributed by atoms with E-state index in [4.69, 9.17) is 4.42 Å². The Labute approximate surface area is 109 Å². The van der Waals surface area contributed by atoms with Crippen molar-refractivity contribution in [3.63, 3.8) is 0 Å². The second-order valence-corrected chi connectivity index (χ2v) is 4.64. The quantitative estimate of drug-likeness (QED) is 0.744. The number of oxazole rings is 1. The minimum atomic E-state index is 0.117. The number of amides is 1. The van der Waals surface area contributed by atoms with Gasteiger partial charge in [-0.2, -0.15) is 4.98 Å². The van der Waals surface area contributed by atoms with Crippen molar-refractivity contribution in [1.82, 2.24) is 4.98 Å². The zero-order valence-corrected chi connectivity index (χ0v) is 12.0. The Balaban J connectivity index is 2.79. The number of unbranched alkanes of at least 4 members (excludes halogenated alkanes) is 2. The van der Waals surface area contributed by atoms with E-state index in [-0.39, 0.29) is 5.91 Å². The predicted molar refractivity (Wildman–Crippen MR) is 72.8 cm³/mol. The number of carbonyl (C=O) groups excluding carboxylic acids is 1. The summed E-state index contributed by atoms with van der Waals surface area (Å²) >= 11 is 0. The Morgan fingerprint density at radius 2 is 1.89 bits per heavy atom. The summed E-state index contributed by atoms with van der Waals surface area (Å²) < 4.78 is 5.57. The van der Waals surface area contributed by atoms with Gasteiger partial charge in [0, 0.05) is 13.0 Å². The van der Waals surface area contributed by atoms with Crippen molar-refractivity contribution in [3.05, 3.63) is 11.5 Å². The first-order chi connectivity index (χ1) is 8.60. The number of nitrogens with zero attached hydrogens (tertiary/aromatic N) is 2. The summed E-state index contributed by atoms with van der Waals surface area (Å²) in [6.07, 6.45) is 4.53. The summed E-state index contributed by atoms with van der Waals surface area (Å²) in [5, 5.41) is 0. The SMILES string of the molecule is CCCCC(=O)N(CCCC)c1nc(C)c(C)o1. The summed E-state index contributed by atoms with van der Waals surface area (Å²) in [7, 11) is 0. The van der Waals surface area contributed by atoms with E-state index in [1.807, 2.05) is 13.8 Å². The number of hydrogen-bond acceptors (Lipinski definition) is 3. The van der Waals surface area contributed by atoms with Gasteiger partial charge in [-0.15, -0.1) is 0 Å². The number of anilines is 1. The van der Waals surface area contributed by atoms with Crippen LogP contribution in [0.25, 0.3) is 0 Å². The molecule has 0 fully saturated rings.